The number of H-pyrrole nitrogens is 2. The van der Waals surface area contributed by atoms with Crippen LogP contribution in [0.25, 0.3) is 22.0 Å². The molecule has 0 unspecified atom stereocenters. The molecule has 1 saturated carbocycles. The van der Waals surface area contributed by atoms with E-state index < -0.39 is 29.6 Å². The monoisotopic (exact) mass is 710 g/mol. The van der Waals surface area contributed by atoms with Crippen molar-refractivity contribution >= 4 is 40.3 Å². The molecule has 4 aromatic rings. The van der Waals surface area contributed by atoms with Crippen molar-refractivity contribution in [3.63, 3.8) is 0 Å². The Morgan fingerprint density at radius 3 is 2.44 bits per heavy atom. The summed E-state index contributed by atoms with van der Waals surface area (Å²) in [6.45, 7) is 9.71. The van der Waals surface area contributed by atoms with Gasteiger partial charge in [0.05, 0.1) is 22.6 Å². The molecule has 1 atom stereocenters. The Morgan fingerprint density at radius 2 is 1.71 bits per heavy atom. The summed E-state index contributed by atoms with van der Waals surface area (Å²) < 4.78 is 5.36. The number of alkyl carbamates (subject to hydrolysis) is 1. The number of likely N-dealkylation sites (N-methyl/N-ethyl adjacent to an activating group) is 1. The fourth-order valence-electron chi connectivity index (χ4n) is 7.06. The molecule has 13 nitrogen and oxygen atoms in total. The van der Waals surface area contributed by atoms with E-state index in [1.54, 1.807) is 18.2 Å². The predicted octanol–water partition coefficient (Wildman–Crippen LogP) is 4.43. The first-order valence-electron chi connectivity index (χ1n) is 18.1. The molecular formula is C39H50N8O5. The SMILES string of the molecule is CN1CCN(c2cc(-c3cccc(C[C@H](N)C(=O)N(c4ccc5c(=O)[nH][nH]c5c4)C(=O)[C@H]4CC[C@H](CNC(=O)OC(C)(C)C)CC4)c3)ccn2)CC1. The number of nitrogens with two attached hydrogens (primary N) is 1. The third-order valence-corrected chi connectivity index (χ3v) is 9.99. The molecule has 0 bridgehead atoms. The van der Waals surface area contributed by atoms with Crippen molar-refractivity contribution in [3.05, 3.63) is 76.7 Å². The maximum atomic E-state index is 14.3. The number of imide groups is 1. The third kappa shape index (κ3) is 8.88. The van der Waals surface area contributed by atoms with Crippen LogP contribution in [-0.4, -0.2) is 89.4 Å². The first-order valence-corrected chi connectivity index (χ1v) is 18.1. The lowest BCUT2D eigenvalue weighted by Crippen LogP contribution is -2.50. The second kappa shape index (κ2) is 15.7. The summed E-state index contributed by atoms with van der Waals surface area (Å²) >= 11 is 0. The Balaban J connectivity index is 1.17. The van der Waals surface area contributed by atoms with Gasteiger partial charge in [-0.2, -0.15) is 0 Å². The molecule has 2 fully saturated rings. The van der Waals surface area contributed by atoms with Crippen molar-refractivity contribution in [2.24, 2.45) is 17.6 Å². The third-order valence-electron chi connectivity index (χ3n) is 9.99. The zero-order valence-electron chi connectivity index (χ0n) is 30.5. The number of aromatic nitrogens is 3. The van der Waals surface area contributed by atoms with E-state index in [1.165, 1.54) is 4.90 Å². The number of piperazine rings is 1. The van der Waals surface area contributed by atoms with Crippen LogP contribution in [0.5, 0.6) is 0 Å². The van der Waals surface area contributed by atoms with Gasteiger partial charge in [0, 0.05) is 44.8 Å². The van der Waals surface area contributed by atoms with Gasteiger partial charge in [0.2, 0.25) is 5.91 Å². The minimum Gasteiger partial charge on any atom is -0.444 e. The molecule has 1 aliphatic heterocycles. The van der Waals surface area contributed by atoms with Crippen LogP contribution in [0.2, 0.25) is 0 Å². The highest BCUT2D eigenvalue weighted by Crippen LogP contribution is 2.32. The summed E-state index contributed by atoms with van der Waals surface area (Å²) in [6.07, 6.45) is 4.13. The Hall–Kier alpha value is -5.01. The van der Waals surface area contributed by atoms with Crippen LogP contribution in [-0.2, 0) is 20.7 Å². The lowest BCUT2D eigenvalue weighted by molar-refractivity contribution is -0.130. The fourth-order valence-corrected chi connectivity index (χ4v) is 7.06. The number of nitrogens with one attached hydrogen (secondary N) is 3. The fraction of sp³-hybridized carbons (Fsp3) is 0.462. The maximum Gasteiger partial charge on any atom is 0.407 e. The number of amides is 3. The average molecular weight is 711 g/mol. The smallest absolute Gasteiger partial charge is 0.407 e. The van der Waals surface area contributed by atoms with Gasteiger partial charge in [-0.15, -0.1) is 0 Å². The highest BCUT2D eigenvalue weighted by Gasteiger charge is 2.36. The van der Waals surface area contributed by atoms with Crippen molar-refractivity contribution in [1.82, 2.24) is 25.4 Å². The number of ether oxygens (including phenoxy) is 1. The van der Waals surface area contributed by atoms with Crippen LogP contribution in [0.1, 0.15) is 52.0 Å². The Morgan fingerprint density at radius 1 is 0.981 bits per heavy atom. The summed E-state index contributed by atoms with van der Waals surface area (Å²) in [7, 11) is 2.13. The molecule has 6 rings (SSSR count). The van der Waals surface area contributed by atoms with Crippen molar-refractivity contribution in [1.29, 1.82) is 0 Å². The molecule has 2 aromatic carbocycles. The standard InChI is InChI=1S/C39H50N8O5/c1-39(2,3)52-38(51)42-24-25-8-10-27(11-9-25)36(49)47(30-12-13-31-33(23-30)43-44-35(31)48)37(50)32(40)21-26-6-5-7-28(20-26)29-14-15-41-34(22-29)46-18-16-45(4)17-19-46/h5-7,12-15,20,22-23,25,27,32H,8-11,16-19,21,24,40H2,1-4H3,(H,42,51)(H2,43,44,48)/t25-,27-,32-/m0/s1. The number of hydrogen-bond donors (Lipinski definition) is 4. The molecular weight excluding hydrogens is 660 g/mol. The largest absolute Gasteiger partial charge is 0.444 e. The molecule has 13 heteroatoms. The summed E-state index contributed by atoms with van der Waals surface area (Å²) in [4.78, 5) is 63.3. The van der Waals surface area contributed by atoms with Crippen molar-refractivity contribution in [3.8, 4) is 11.1 Å². The molecule has 1 aliphatic carbocycles. The van der Waals surface area contributed by atoms with Gasteiger partial charge in [0.1, 0.15) is 11.4 Å². The maximum absolute atomic E-state index is 14.3. The van der Waals surface area contributed by atoms with Gasteiger partial charge in [-0.25, -0.2) is 14.7 Å². The molecule has 2 aliphatic rings. The van der Waals surface area contributed by atoms with Gasteiger partial charge in [-0.3, -0.25) is 24.6 Å². The van der Waals surface area contributed by atoms with Crippen LogP contribution < -0.4 is 26.4 Å². The molecule has 5 N–H and O–H groups in total. The minimum atomic E-state index is -1.01. The van der Waals surface area contributed by atoms with E-state index in [1.807, 2.05) is 57.3 Å². The Kier molecular flexibility index (Phi) is 11.1. The molecule has 3 heterocycles. The molecule has 276 valence electrons. The molecule has 0 radical (unpaired) electrons. The number of rotatable bonds is 9. The number of carbonyl (C=O) groups excluding carboxylic acids is 3. The second-order valence-corrected chi connectivity index (χ2v) is 15.1. The number of hydrogen-bond acceptors (Lipinski definition) is 9. The number of carbonyl (C=O) groups is 3. The zero-order chi connectivity index (χ0) is 37.0. The highest BCUT2D eigenvalue weighted by molar-refractivity contribution is 6.17. The molecule has 3 amide bonds. The van der Waals surface area contributed by atoms with Crippen molar-refractivity contribution in [2.45, 2.75) is 64.5 Å². The molecule has 2 aromatic heterocycles. The van der Waals surface area contributed by atoms with Gasteiger partial charge in [-0.05, 0) is 113 Å². The van der Waals surface area contributed by atoms with Gasteiger partial charge >= 0.3 is 6.09 Å². The van der Waals surface area contributed by atoms with Crippen LogP contribution in [0.4, 0.5) is 16.3 Å². The first kappa shape index (κ1) is 36.8. The number of pyridine rings is 1. The van der Waals surface area contributed by atoms with E-state index in [4.69, 9.17) is 10.5 Å². The Labute approximate surface area is 303 Å². The predicted molar refractivity (Wildman–Crippen MR) is 202 cm³/mol. The minimum absolute atomic E-state index is 0.189. The van der Waals surface area contributed by atoms with E-state index in [0.717, 1.165) is 48.7 Å². The molecule has 0 spiro atoms. The van der Waals surface area contributed by atoms with E-state index in [0.29, 0.717) is 48.8 Å². The van der Waals surface area contributed by atoms with E-state index in [-0.39, 0.29) is 23.8 Å². The lowest BCUT2D eigenvalue weighted by atomic mass is 9.81. The van der Waals surface area contributed by atoms with Gasteiger partial charge in [-0.1, -0.05) is 24.3 Å². The van der Waals surface area contributed by atoms with E-state index in [2.05, 4.69) is 43.4 Å². The molecule has 52 heavy (non-hydrogen) atoms. The van der Waals surface area contributed by atoms with Gasteiger partial charge < -0.3 is 25.6 Å². The van der Waals surface area contributed by atoms with Crippen LogP contribution in [0.3, 0.4) is 0 Å². The van der Waals surface area contributed by atoms with E-state index in [9.17, 15) is 19.2 Å². The summed E-state index contributed by atoms with van der Waals surface area (Å²) in [5, 5.41) is 8.66. The van der Waals surface area contributed by atoms with Crippen molar-refractivity contribution in [2.75, 3.05) is 49.6 Å². The number of fused-ring (bicyclic) bond motifs is 1. The first-order chi connectivity index (χ1) is 24.8. The van der Waals surface area contributed by atoms with Crippen molar-refractivity contribution < 1.29 is 19.1 Å². The number of nitrogens with zero attached hydrogens (tertiary/aromatic N) is 4. The normalized spacial score (nSPS) is 18.9. The number of benzene rings is 2. The number of anilines is 2. The second-order valence-electron chi connectivity index (χ2n) is 15.1. The van der Waals surface area contributed by atoms with Gasteiger partial charge in [0.15, 0.2) is 0 Å². The summed E-state index contributed by atoms with van der Waals surface area (Å²) in [5.74, 6) is -0.110. The van der Waals surface area contributed by atoms with Crippen LogP contribution >= 0.6 is 0 Å². The summed E-state index contributed by atoms with van der Waals surface area (Å²) in [5.41, 5.74) is 9.49. The van der Waals surface area contributed by atoms with Gasteiger partial charge in [0.25, 0.3) is 11.5 Å². The average Bonchev–Trinajstić information content (AvgIpc) is 3.50. The molecule has 1 saturated heterocycles. The number of aromatic amines is 2. The van der Waals surface area contributed by atoms with E-state index >= 15 is 0 Å². The quantitative estimate of drug-likeness (QED) is 0.196. The highest BCUT2D eigenvalue weighted by atomic mass is 16.6. The summed E-state index contributed by atoms with van der Waals surface area (Å²) in [6, 6.07) is 15.9. The van der Waals surface area contributed by atoms with Crippen LogP contribution in [0, 0.1) is 11.8 Å². The van der Waals surface area contributed by atoms with Crippen LogP contribution in [0.15, 0.2) is 65.6 Å². The zero-order valence-corrected chi connectivity index (χ0v) is 30.5. The topological polar surface area (TPSA) is 170 Å². The lowest BCUT2D eigenvalue weighted by Gasteiger charge is -2.33. The Bertz CT molecular complexity index is 1950.